The van der Waals surface area contributed by atoms with E-state index in [4.69, 9.17) is 0 Å². The Kier molecular flexibility index (Phi) is 5.88. The van der Waals surface area contributed by atoms with Crippen LogP contribution >= 0.6 is 11.3 Å². The quantitative estimate of drug-likeness (QED) is 0.734. The summed E-state index contributed by atoms with van der Waals surface area (Å²) in [6, 6.07) is 7.98. The van der Waals surface area contributed by atoms with E-state index < -0.39 is 33.7 Å². The molecular weight excluding hydrogens is 393 g/mol. The lowest BCUT2D eigenvalue weighted by Crippen LogP contribution is -2.45. The van der Waals surface area contributed by atoms with Crippen molar-refractivity contribution in [2.24, 2.45) is 0 Å². The summed E-state index contributed by atoms with van der Waals surface area (Å²) in [4.78, 5) is 23.9. The van der Waals surface area contributed by atoms with E-state index >= 15 is 0 Å². The van der Waals surface area contributed by atoms with Crippen LogP contribution in [0.3, 0.4) is 0 Å². The number of hydrogen-bond acceptors (Lipinski definition) is 5. The van der Waals surface area contributed by atoms with Crippen molar-refractivity contribution in [1.82, 2.24) is 9.62 Å². The molecule has 1 saturated heterocycles. The zero-order chi connectivity index (χ0) is 19.4. The summed E-state index contributed by atoms with van der Waals surface area (Å²) >= 11 is 1.14. The Bertz CT molecular complexity index is 931. The first kappa shape index (κ1) is 19.5. The number of benzene rings is 1. The molecule has 2 heterocycles. The van der Waals surface area contributed by atoms with Crippen LogP contribution in [0.1, 0.15) is 12.8 Å². The van der Waals surface area contributed by atoms with Gasteiger partial charge in [0.25, 0.3) is 10.0 Å². The Balaban J connectivity index is 1.58. The average molecular weight is 411 g/mol. The van der Waals surface area contributed by atoms with Crippen LogP contribution in [0.4, 0.5) is 10.1 Å². The molecule has 2 amide bonds. The molecule has 0 bridgehead atoms. The number of anilines is 1. The zero-order valence-electron chi connectivity index (χ0n) is 14.2. The number of hydrogen-bond donors (Lipinski definition) is 2. The second-order valence-corrected chi connectivity index (χ2v) is 9.08. The van der Waals surface area contributed by atoms with Crippen molar-refractivity contribution >= 4 is 38.9 Å². The average Bonchev–Trinajstić information content (AvgIpc) is 3.31. The van der Waals surface area contributed by atoms with Gasteiger partial charge in [0.1, 0.15) is 10.0 Å². The van der Waals surface area contributed by atoms with Crippen molar-refractivity contribution in [2.75, 3.05) is 18.4 Å². The van der Waals surface area contributed by atoms with Crippen molar-refractivity contribution in [3.8, 4) is 0 Å². The number of halogens is 1. The van der Waals surface area contributed by atoms with Gasteiger partial charge in [0, 0.05) is 24.8 Å². The monoisotopic (exact) mass is 411 g/mol. The summed E-state index contributed by atoms with van der Waals surface area (Å²) in [5.41, 5.74) is 0.165. The lowest BCUT2D eigenvalue weighted by molar-refractivity contribution is -0.136. The minimum absolute atomic E-state index is 0.0278. The maximum Gasteiger partial charge on any atom is 0.313 e. The van der Waals surface area contributed by atoms with E-state index in [-0.39, 0.29) is 16.4 Å². The molecule has 0 spiro atoms. The van der Waals surface area contributed by atoms with E-state index in [1.165, 1.54) is 22.5 Å². The molecule has 1 atom stereocenters. The first-order valence-electron chi connectivity index (χ1n) is 8.28. The molecule has 1 fully saturated rings. The number of carbonyl (C=O) groups is 2. The molecule has 7 nitrogen and oxygen atoms in total. The Morgan fingerprint density at radius 1 is 1.22 bits per heavy atom. The number of rotatable bonds is 5. The lowest BCUT2D eigenvalue weighted by Gasteiger charge is -2.23. The predicted molar refractivity (Wildman–Crippen MR) is 99.3 cm³/mol. The number of nitrogens with one attached hydrogen (secondary N) is 2. The largest absolute Gasteiger partial charge is 0.346 e. The maximum atomic E-state index is 13.1. The van der Waals surface area contributed by atoms with Crippen molar-refractivity contribution in [3.63, 3.8) is 0 Å². The summed E-state index contributed by atoms with van der Waals surface area (Å²) in [7, 11) is -3.61. The fourth-order valence-electron chi connectivity index (χ4n) is 2.90. The third-order valence-corrected chi connectivity index (χ3v) is 7.49. The molecule has 27 heavy (non-hydrogen) atoms. The molecule has 2 N–H and O–H groups in total. The second kappa shape index (κ2) is 8.15. The van der Waals surface area contributed by atoms with Gasteiger partial charge in [-0.25, -0.2) is 12.8 Å². The molecule has 10 heteroatoms. The SMILES string of the molecule is O=C(NC[C@@H]1CCCN1S(=O)(=O)c1cccs1)C(=O)Nc1cccc(F)c1. The van der Waals surface area contributed by atoms with E-state index in [0.717, 1.165) is 17.4 Å². The van der Waals surface area contributed by atoms with Gasteiger partial charge in [0.2, 0.25) is 0 Å². The Morgan fingerprint density at radius 3 is 2.74 bits per heavy atom. The van der Waals surface area contributed by atoms with Gasteiger partial charge in [-0.1, -0.05) is 12.1 Å². The van der Waals surface area contributed by atoms with Gasteiger partial charge < -0.3 is 10.6 Å². The van der Waals surface area contributed by atoms with Gasteiger partial charge >= 0.3 is 11.8 Å². The molecule has 0 saturated carbocycles. The van der Waals surface area contributed by atoms with Crippen LogP contribution in [0.2, 0.25) is 0 Å². The van der Waals surface area contributed by atoms with Crippen molar-refractivity contribution < 1.29 is 22.4 Å². The Hall–Kier alpha value is -2.30. The second-order valence-electron chi connectivity index (χ2n) is 6.02. The van der Waals surface area contributed by atoms with E-state index in [2.05, 4.69) is 10.6 Å². The number of thiophene rings is 1. The molecule has 2 aromatic rings. The number of amides is 2. The number of sulfonamides is 1. The first-order valence-corrected chi connectivity index (χ1v) is 10.6. The Labute approximate surface area is 160 Å². The highest BCUT2D eigenvalue weighted by molar-refractivity contribution is 7.91. The van der Waals surface area contributed by atoms with Crippen LogP contribution in [-0.2, 0) is 19.6 Å². The predicted octanol–water partition coefficient (Wildman–Crippen LogP) is 1.80. The van der Waals surface area contributed by atoms with Crippen LogP contribution in [0.5, 0.6) is 0 Å². The van der Waals surface area contributed by atoms with Gasteiger partial charge in [-0.3, -0.25) is 9.59 Å². The third kappa shape index (κ3) is 4.52. The van der Waals surface area contributed by atoms with Crippen molar-refractivity contribution in [1.29, 1.82) is 0 Å². The third-order valence-electron chi connectivity index (χ3n) is 4.17. The highest BCUT2D eigenvalue weighted by Crippen LogP contribution is 2.28. The molecular formula is C17H18FN3O4S2. The highest BCUT2D eigenvalue weighted by atomic mass is 32.2. The normalized spacial score (nSPS) is 17.6. The van der Waals surface area contributed by atoms with Crippen LogP contribution in [0, 0.1) is 5.82 Å². The minimum atomic E-state index is -3.61. The molecule has 1 aromatic carbocycles. The van der Waals surface area contributed by atoms with E-state index in [1.807, 2.05) is 0 Å². The summed E-state index contributed by atoms with van der Waals surface area (Å²) in [6.45, 7) is 0.399. The number of carbonyl (C=O) groups excluding carboxylic acids is 2. The highest BCUT2D eigenvalue weighted by Gasteiger charge is 2.36. The molecule has 1 aliphatic heterocycles. The smallest absolute Gasteiger partial charge is 0.313 e. The molecule has 0 unspecified atom stereocenters. The van der Waals surface area contributed by atoms with Crippen molar-refractivity contribution in [2.45, 2.75) is 23.1 Å². The molecule has 0 radical (unpaired) electrons. The van der Waals surface area contributed by atoms with Gasteiger partial charge in [0.05, 0.1) is 0 Å². The van der Waals surface area contributed by atoms with E-state index in [0.29, 0.717) is 19.4 Å². The number of nitrogens with zero attached hydrogens (tertiary/aromatic N) is 1. The molecule has 3 rings (SSSR count). The van der Waals surface area contributed by atoms with Crippen LogP contribution < -0.4 is 10.6 Å². The first-order chi connectivity index (χ1) is 12.9. The maximum absolute atomic E-state index is 13.1. The minimum Gasteiger partial charge on any atom is -0.346 e. The van der Waals surface area contributed by atoms with Crippen LogP contribution in [-0.4, -0.2) is 43.7 Å². The van der Waals surface area contributed by atoms with E-state index in [9.17, 15) is 22.4 Å². The summed E-state index contributed by atoms with van der Waals surface area (Å²) in [5.74, 6) is -2.38. The Morgan fingerprint density at radius 2 is 2.04 bits per heavy atom. The van der Waals surface area contributed by atoms with E-state index in [1.54, 1.807) is 17.5 Å². The van der Waals surface area contributed by atoms with Crippen molar-refractivity contribution in [3.05, 3.63) is 47.6 Å². The zero-order valence-corrected chi connectivity index (χ0v) is 15.9. The molecule has 1 aliphatic rings. The fourth-order valence-corrected chi connectivity index (χ4v) is 5.71. The van der Waals surface area contributed by atoms with Gasteiger partial charge in [-0.15, -0.1) is 11.3 Å². The fraction of sp³-hybridized carbons (Fsp3) is 0.294. The molecule has 0 aliphatic carbocycles. The van der Waals surface area contributed by atoms with Crippen LogP contribution in [0.15, 0.2) is 46.0 Å². The standard InChI is InChI=1S/C17H18FN3O4S2/c18-12-4-1-5-13(10-12)20-17(23)16(22)19-11-14-6-2-8-21(14)27(24,25)15-7-3-9-26-15/h1,3-5,7,9-10,14H,2,6,8,11H2,(H,19,22)(H,20,23)/t14-/m0/s1. The lowest BCUT2D eigenvalue weighted by atomic mass is 10.2. The van der Waals surface area contributed by atoms with Gasteiger partial charge in [-0.05, 0) is 42.5 Å². The van der Waals surface area contributed by atoms with Gasteiger partial charge in [0.15, 0.2) is 0 Å². The summed E-state index contributed by atoms with van der Waals surface area (Å²) < 4.78 is 40.1. The van der Waals surface area contributed by atoms with Gasteiger partial charge in [-0.2, -0.15) is 4.31 Å². The molecule has 1 aromatic heterocycles. The summed E-state index contributed by atoms with van der Waals surface area (Å²) in [5, 5.41) is 6.45. The molecule has 144 valence electrons. The van der Waals surface area contributed by atoms with Crippen LogP contribution in [0.25, 0.3) is 0 Å². The topological polar surface area (TPSA) is 95.6 Å². The summed E-state index contributed by atoms with van der Waals surface area (Å²) in [6.07, 6.45) is 1.27.